The van der Waals surface area contributed by atoms with Crippen molar-refractivity contribution in [3.05, 3.63) is 42.0 Å². The van der Waals surface area contributed by atoms with Crippen LogP contribution in [-0.4, -0.2) is 22.0 Å². The maximum Gasteiger partial charge on any atom is 0.167 e. The molecule has 1 aliphatic rings. The maximum absolute atomic E-state index is 10.6. The standard InChI is InChI=1S/C12H10N2O2S/c15-6-8-5-13-12(14-8)10-7-17-11-4-2-1-3-9(11)16-10/h1-6,10H,7H2,(H,13,14). The Morgan fingerprint density at radius 3 is 3.18 bits per heavy atom. The third kappa shape index (κ3) is 1.93. The molecule has 1 aromatic carbocycles. The van der Waals surface area contributed by atoms with Gasteiger partial charge in [-0.1, -0.05) is 12.1 Å². The van der Waals surface area contributed by atoms with Crippen LogP contribution in [0.25, 0.3) is 0 Å². The first-order valence-corrected chi connectivity index (χ1v) is 6.24. The summed E-state index contributed by atoms with van der Waals surface area (Å²) in [6.07, 6.45) is 2.15. The Bertz CT molecular complexity index is 553. The zero-order valence-electron chi connectivity index (χ0n) is 8.92. The number of ether oxygens (including phenoxy) is 1. The van der Waals surface area contributed by atoms with Crippen LogP contribution in [0.15, 0.2) is 35.4 Å². The van der Waals surface area contributed by atoms with Gasteiger partial charge in [0.1, 0.15) is 11.6 Å². The summed E-state index contributed by atoms with van der Waals surface area (Å²) in [7, 11) is 0. The number of imidazole rings is 1. The molecule has 0 saturated carbocycles. The highest BCUT2D eigenvalue weighted by Crippen LogP contribution is 2.39. The van der Waals surface area contributed by atoms with Crippen LogP contribution in [0.5, 0.6) is 5.75 Å². The number of thioether (sulfide) groups is 1. The number of hydrogen-bond donors (Lipinski definition) is 1. The summed E-state index contributed by atoms with van der Waals surface area (Å²) in [5, 5.41) is 0. The molecular weight excluding hydrogens is 236 g/mol. The fourth-order valence-corrected chi connectivity index (χ4v) is 2.72. The average Bonchev–Trinajstić information content (AvgIpc) is 2.87. The quantitative estimate of drug-likeness (QED) is 0.827. The van der Waals surface area contributed by atoms with E-state index in [0.717, 1.165) is 22.7 Å². The fourth-order valence-electron chi connectivity index (χ4n) is 1.73. The van der Waals surface area contributed by atoms with Crippen molar-refractivity contribution in [1.29, 1.82) is 0 Å². The molecule has 0 spiro atoms. The number of aromatic nitrogens is 2. The van der Waals surface area contributed by atoms with Gasteiger partial charge in [-0.25, -0.2) is 4.98 Å². The first-order chi connectivity index (χ1) is 8.36. The topological polar surface area (TPSA) is 55.0 Å². The second-order valence-corrected chi connectivity index (χ2v) is 4.77. The second-order valence-electron chi connectivity index (χ2n) is 3.71. The first kappa shape index (κ1) is 10.4. The van der Waals surface area contributed by atoms with Gasteiger partial charge in [-0.05, 0) is 12.1 Å². The molecule has 0 fully saturated rings. The highest BCUT2D eigenvalue weighted by atomic mass is 32.2. The number of fused-ring (bicyclic) bond motifs is 1. The lowest BCUT2D eigenvalue weighted by atomic mass is 10.3. The lowest BCUT2D eigenvalue weighted by molar-refractivity contribution is 0.111. The monoisotopic (exact) mass is 246 g/mol. The van der Waals surface area contributed by atoms with Crippen molar-refractivity contribution in [3.63, 3.8) is 0 Å². The molecule has 1 unspecified atom stereocenters. The summed E-state index contributed by atoms with van der Waals surface area (Å²) < 4.78 is 5.85. The van der Waals surface area contributed by atoms with Crippen molar-refractivity contribution >= 4 is 18.0 Å². The normalized spacial score (nSPS) is 18.2. The molecule has 2 aromatic rings. The van der Waals surface area contributed by atoms with Gasteiger partial charge >= 0.3 is 0 Å². The van der Waals surface area contributed by atoms with Gasteiger partial charge in [0.15, 0.2) is 12.4 Å². The smallest absolute Gasteiger partial charge is 0.167 e. The van der Waals surface area contributed by atoms with Crippen LogP contribution < -0.4 is 4.74 Å². The number of nitrogens with one attached hydrogen (secondary N) is 1. The molecule has 0 aliphatic carbocycles. The average molecular weight is 246 g/mol. The van der Waals surface area contributed by atoms with E-state index >= 15 is 0 Å². The molecule has 0 radical (unpaired) electrons. The summed E-state index contributed by atoms with van der Waals surface area (Å²) in [6, 6.07) is 7.92. The summed E-state index contributed by atoms with van der Waals surface area (Å²) in [5.41, 5.74) is 0.479. The minimum absolute atomic E-state index is 0.122. The Labute approximate surface area is 102 Å². The number of H-pyrrole nitrogens is 1. The SMILES string of the molecule is O=Cc1cnc(C2CSc3ccccc3O2)[nH]1. The van der Waals surface area contributed by atoms with Crippen molar-refractivity contribution in [2.24, 2.45) is 0 Å². The van der Waals surface area contributed by atoms with E-state index in [1.165, 1.54) is 6.20 Å². The Balaban J connectivity index is 1.86. The molecule has 5 heteroatoms. The predicted octanol–water partition coefficient (Wildman–Crippen LogP) is 2.45. The van der Waals surface area contributed by atoms with Crippen LogP contribution >= 0.6 is 11.8 Å². The van der Waals surface area contributed by atoms with E-state index < -0.39 is 0 Å². The molecule has 4 nitrogen and oxygen atoms in total. The number of nitrogens with zero attached hydrogens (tertiary/aromatic N) is 1. The number of rotatable bonds is 2. The van der Waals surface area contributed by atoms with E-state index in [1.54, 1.807) is 11.8 Å². The molecule has 0 saturated heterocycles. The molecular formula is C12H10N2O2S. The van der Waals surface area contributed by atoms with Crippen molar-refractivity contribution in [2.75, 3.05) is 5.75 Å². The number of aldehydes is 1. The van der Waals surface area contributed by atoms with E-state index in [1.807, 2.05) is 24.3 Å². The maximum atomic E-state index is 10.6. The van der Waals surface area contributed by atoms with Gasteiger partial charge in [0.05, 0.1) is 11.9 Å². The summed E-state index contributed by atoms with van der Waals surface area (Å²) in [6.45, 7) is 0. The van der Waals surface area contributed by atoms with Crippen LogP contribution in [-0.2, 0) is 0 Å². The first-order valence-electron chi connectivity index (χ1n) is 5.25. The Morgan fingerprint density at radius 2 is 2.35 bits per heavy atom. The Morgan fingerprint density at radius 1 is 1.47 bits per heavy atom. The molecule has 17 heavy (non-hydrogen) atoms. The summed E-state index contributed by atoms with van der Waals surface area (Å²) in [4.78, 5) is 18.8. The fraction of sp³-hybridized carbons (Fsp3) is 0.167. The Kier molecular flexibility index (Phi) is 2.60. The molecule has 2 heterocycles. The van der Waals surface area contributed by atoms with Gasteiger partial charge in [0.25, 0.3) is 0 Å². The number of carbonyl (C=O) groups excluding carboxylic acids is 1. The summed E-state index contributed by atoms with van der Waals surface area (Å²) in [5.74, 6) is 2.37. The van der Waals surface area contributed by atoms with Crippen LogP contribution in [0.3, 0.4) is 0 Å². The minimum atomic E-state index is -0.122. The molecule has 86 valence electrons. The zero-order chi connectivity index (χ0) is 11.7. The number of aromatic amines is 1. The van der Waals surface area contributed by atoms with Gasteiger partial charge in [-0.2, -0.15) is 0 Å². The van der Waals surface area contributed by atoms with Crippen molar-refractivity contribution < 1.29 is 9.53 Å². The minimum Gasteiger partial charge on any atom is -0.480 e. The molecule has 1 aromatic heterocycles. The van der Waals surface area contributed by atoms with E-state index in [2.05, 4.69) is 9.97 Å². The molecule has 3 rings (SSSR count). The Hall–Kier alpha value is -1.75. The van der Waals surface area contributed by atoms with Crippen molar-refractivity contribution in [2.45, 2.75) is 11.0 Å². The highest BCUT2D eigenvalue weighted by molar-refractivity contribution is 7.99. The highest BCUT2D eigenvalue weighted by Gasteiger charge is 2.23. The number of hydrogen-bond acceptors (Lipinski definition) is 4. The van der Waals surface area contributed by atoms with Gasteiger partial charge in [0.2, 0.25) is 0 Å². The zero-order valence-corrected chi connectivity index (χ0v) is 9.74. The van der Waals surface area contributed by atoms with Crippen molar-refractivity contribution in [1.82, 2.24) is 9.97 Å². The largest absolute Gasteiger partial charge is 0.480 e. The van der Waals surface area contributed by atoms with Gasteiger partial charge < -0.3 is 9.72 Å². The van der Waals surface area contributed by atoms with E-state index in [4.69, 9.17) is 4.74 Å². The van der Waals surface area contributed by atoms with E-state index in [9.17, 15) is 4.79 Å². The van der Waals surface area contributed by atoms with Gasteiger partial charge in [-0.3, -0.25) is 4.79 Å². The van der Waals surface area contributed by atoms with Gasteiger partial charge in [0, 0.05) is 10.6 Å². The van der Waals surface area contributed by atoms with Crippen molar-refractivity contribution in [3.8, 4) is 5.75 Å². The lowest BCUT2D eigenvalue weighted by Gasteiger charge is -2.23. The van der Waals surface area contributed by atoms with Gasteiger partial charge in [-0.15, -0.1) is 11.8 Å². The van der Waals surface area contributed by atoms with Crippen LogP contribution in [0.4, 0.5) is 0 Å². The molecule has 0 amide bonds. The lowest BCUT2D eigenvalue weighted by Crippen LogP contribution is -2.16. The predicted molar refractivity (Wildman–Crippen MR) is 64.5 cm³/mol. The van der Waals surface area contributed by atoms with Crippen LogP contribution in [0, 0.1) is 0 Å². The van der Waals surface area contributed by atoms with E-state index in [-0.39, 0.29) is 6.10 Å². The number of carbonyl (C=O) groups is 1. The molecule has 1 atom stereocenters. The third-order valence-corrected chi connectivity index (χ3v) is 3.67. The van der Waals surface area contributed by atoms with Crippen LogP contribution in [0.2, 0.25) is 0 Å². The molecule has 1 N–H and O–H groups in total. The number of para-hydroxylation sites is 1. The third-order valence-electron chi connectivity index (χ3n) is 2.56. The molecule has 0 bridgehead atoms. The summed E-state index contributed by atoms with van der Waals surface area (Å²) >= 11 is 1.74. The second kappa shape index (κ2) is 4.25. The number of benzene rings is 1. The molecule has 1 aliphatic heterocycles. The van der Waals surface area contributed by atoms with E-state index in [0.29, 0.717) is 11.5 Å². The van der Waals surface area contributed by atoms with Crippen LogP contribution in [0.1, 0.15) is 22.4 Å².